The zero-order valence-corrected chi connectivity index (χ0v) is 20.2. The molecule has 2 aromatic rings. The van der Waals surface area contributed by atoms with E-state index in [1.54, 1.807) is 42.5 Å². The molecule has 1 amide bonds. The average Bonchev–Trinajstić information content (AvgIpc) is 3.10. The number of rotatable bonds is 10. The van der Waals surface area contributed by atoms with E-state index in [0.717, 1.165) is 0 Å². The highest BCUT2D eigenvalue weighted by Gasteiger charge is 2.47. The maximum absolute atomic E-state index is 13.1. The maximum Gasteiger partial charge on any atom is 0.295 e. The van der Waals surface area contributed by atoms with Gasteiger partial charge in [0.15, 0.2) is 0 Å². The van der Waals surface area contributed by atoms with Crippen LogP contribution in [0, 0.1) is 5.92 Å². The van der Waals surface area contributed by atoms with Crippen molar-refractivity contribution in [2.75, 3.05) is 41.1 Å². The van der Waals surface area contributed by atoms with Crippen LogP contribution in [-0.4, -0.2) is 62.8 Å². The van der Waals surface area contributed by atoms with Crippen LogP contribution in [0.2, 0.25) is 0 Å². The molecule has 182 valence electrons. The minimum Gasteiger partial charge on any atom is -0.507 e. The zero-order valence-electron chi connectivity index (χ0n) is 20.2. The van der Waals surface area contributed by atoms with Gasteiger partial charge in [0.05, 0.1) is 39.0 Å². The summed E-state index contributed by atoms with van der Waals surface area (Å²) in [4.78, 5) is 27.5. The van der Waals surface area contributed by atoms with Gasteiger partial charge < -0.3 is 29.0 Å². The predicted molar refractivity (Wildman–Crippen MR) is 127 cm³/mol. The molecule has 2 aromatic carbocycles. The molecule has 0 spiro atoms. The van der Waals surface area contributed by atoms with Crippen LogP contribution in [0.3, 0.4) is 0 Å². The van der Waals surface area contributed by atoms with Crippen LogP contribution in [-0.2, 0) is 14.3 Å². The highest BCUT2D eigenvalue weighted by molar-refractivity contribution is 6.46. The predicted octanol–water partition coefficient (Wildman–Crippen LogP) is 3.81. The van der Waals surface area contributed by atoms with E-state index < -0.39 is 17.7 Å². The summed E-state index contributed by atoms with van der Waals surface area (Å²) in [5, 5.41) is 11.2. The lowest BCUT2D eigenvalue weighted by molar-refractivity contribution is -0.140. The Morgan fingerprint density at radius 2 is 1.68 bits per heavy atom. The van der Waals surface area contributed by atoms with Crippen molar-refractivity contribution in [3.05, 3.63) is 59.2 Å². The number of Topliss-reactive ketones (excluding diaryl/α,β-unsaturated/α-hetero) is 1. The largest absolute Gasteiger partial charge is 0.507 e. The van der Waals surface area contributed by atoms with E-state index in [1.807, 2.05) is 0 Å². The Balaban J connectivity index is 2.12. The first-order valence-corrected chi connectivity index (χ1v) is 11.0. The molecule has 0 aliphatic carbocycles. The first-order valence-electron chi connectivity index (χ1n) is 11.0. The van der Waals surface area contributed by atoms with Crippen LogP contribution < -0.4 is 14.2 Å². The van der Waals surface area contributed by atoms with Crippen LogP contribution in [0.5, 0.6) is 17.2 Å². The molecule has 8 heteroatoms. The molecule has 1 aliphatic heterocycles. The van der Waals surface area contributed by atoms with Gasteiger partial charge in [0.2, 0.25) is 0 Å². The number of carbonyl (C=O) groups is 2. The van der Waals surface area contributed by atoms with Gasteiger partial charge in [-0.25, -0.2) is 0 Å². The Hall–Kier alpha value is -3.52. The van der Waals surface area contributed by atoms with Gasteiger partial charge >= 0.3 is 0 Å². The van der Waals surface area contributed by atoms with Crippen LogP contribution in [0.1, 0.15) is 31.0 Å². The van der Waals surface area contributed by atoms with E-state index >= 15 is 0 Å². The lowest BCUT2D eigenvalue weighted by Crippen LogP contribution is -2.32. The van der Waals surface area contributed by atoms with Crippen molar-refractivity contribution in [1.29, 1.82) is 0 Å². The summed E-state index contributed by atoms with van der Waals surface area (Å²) >= 11 is 0. The summed E-state index contributed by atoms with van der Waals surface area (Å²) in [5.74, 6) is 0.238. The molecule has 1 saturated heterocycles. The van der Waals surface area contributed by atoms with Gasteiger partial charge in [0.1, 0.15) is 23.0 Å². The molecule has 0 radical (unpaired) electrons. The van der Waals surface area contributed by atoms with Gasteiger partial charge in [0.25, 0.3) is 11.7 Å². The van der Waals surface area contributed by atoms with Gasteiger partial charge in [-0.1, -0.05) is 13.8 Å². The molecule has 1 N–H and O–H groups in total. The summed E-state index contributed by atoms with van der Waals surface area (Å²) in [6.45, 7) is 5.04. The van der Waals surface area contributed by atoms with Gasteiger partial charge in [-0.3, -0.25) is 9.59 Å². The number of aliphatic hydroxyl groups excluding tert-OH is 1. The second kappa shape index (κ2) is 11.1. The fourth-order valence-electron chi connectivity index (χ4n) is 3.80. The molecule has 3 rings (SSSR count). The first kappa shape index (κ1) is 25.1. The SMILES string of the molecule is COCCN1C(=O)C(=O)/C(=C(/O)c2ccc(OCC(C)C)cc2)[C@H]1c1cc(OC)ccc1OC. The Bertz CT molecular complexity index is 1060. The lowest BCUT2D eigenvalue weighted by atomic mass is 9.94. The number of benzene rings is 2. The number of ketones is 1. The number of ether oxygens (including phenoxy) is 4. The van der Waals surface area contributed by atoms with Crippen molar-refractivity contribution in [1.82, 2.24) is 4.90 Å². The van der Waals surface area contributed by atoms with Crippen LogP contribution in [0.4, 0.5) is 0 Å². The van der Waals surface area contributed by atoms with Gasteiger partial charge in [-0.15, -0.1) is 0 Å². The van der Waals surface area contributed by atoms with Crippen molar-refractivity contribution >= 4 is 17.4 Å². The molecule has 1 aliphatic rings. The number of methoxy groups -OCH3 is 3. The maximum atomic E-state index is 13.1. The summed E-state index contributed by atoms with van der Waals surface area (Å²) in [6.07, 6.45) is 0. The van der Waals surface area contributed by atoms with Crippen LogP contribution in [0.15, 0.2) is 48.0 Å². The van der Waals surface area contributed by atoms with E-state index in [9.17, 15) is 14.7 Å². The van der Waals surface area contributed by atoms with E-state index in [2.05, 4.69) is 13.8 Å². The van der Waals surface area contributed by atoms with Crippen molar-refractivity contribution in [2.45, 2.75) is 19.9 Å². The Kier molecular flexibility index (Phi) is 8.17. The highest BCUT2D eigenvalue weighted by Crippen LogP contribution is 2.43. The first-order chi connectivity index (χ1) is 16.3. The van der Waals surface area contributed by atoms with Crippen LogP contribution >= 0.6 is 0 Å². The number of likely N-dealkylation sites (tertiary alicyclic amines) is 1. The number of nitrogens with zero attached hydrogens (tertiary/aromatic N) is 1. The van der Waals surface area contributed by atoms with Gasteiger partial charge in [-0.2, -0.15) is 0 Å². The van der Waals surface area contributed by atoms with Gasteiger partial charge in [-0.05, 0) is 48.4 Å². The second-order valence-corrected chi connectivity index (χ2v) is 8.32. The normalized spacial score (nSPS) is 17.4. The smallest absolute Gasteiger partial charge is 0.295 e. The van der Waals surface area contributed by atoms with Crippen molar-refractivity contribution in [3.8, 4) is 17.2 Å². The monoisotopic (exact) mass is 469 g/mol. The standard InChI is InChI=1S/C26H31NO7/c1-16(2)15-34-18-8-6-17(7-9-18)24(28)22-23(27(12-13-31-3)26(30)25(22)29)20-14-19(32-4)10-11-21(20)33-5/h6-11,14,16,23,28H,12-13,15H2,1-5H3/b24-22+/t23-/m1/s1. The van der Waals surface area contributed by atoms with Crippen LogP contribution in [0.25, 0.3) is 5.76 Å². The van der Waals surface area contributed by atoms with E-state index in [-0.39, 0.29) is 24.5 Å². The molecule has 0 unspecified atom stereocenters. The fraction of sp³-hybridized carbons (Fsp3) is 0.385. The van der Waals surface area contributed by atoms with Crippen molar-refractivity contribution in [2.24, 2.45) is 5.92 Å². The minimum absolute atomic E-state index is 0.0245. The quantitative estimate of drug-likeness (QED) is 0.321. The molecule has 1 heterocycles. The fourth-order valence-corrected chi connectivity index (χ4v) is 3.80. The molecule has 0 aromatic heterocycles. The third-order valence-corrected chi connectivity index (χ3v) is 5.52. The lowest BCUT2D eigenvalue weighted by Gasteiger charge is -2.26. The topological polar surface area (TPSA) is 94.5 Å². The van der Waals surface area contributed by atoms with Crippen molar-refractivity contribution in [3.63, 3.8) is 0 Å². The summed E-state index contributed by atoms with van der Waals surface area (Å²) in [7, 11) is 4.54. The van der Waals surface area contributed by atoms with E-state index in [0.29, 0.717) is 40.9 Å². The molecule has 0 bridgehead atoms. The van der Waals surface area contributed by atoms with E-state index in [4.69, 9.17) is 18.9 Å². The number of amides is 1. The molecular weight excluding hydrogens is 438 g/mol. The number of hydrogen-bond acceptors (Lipinski definition) is 7. The molecule has 8 nitrogen and oxygen atoms in total. The molecular formula is C26H31NO7. The average molecular weight is 470 g/mol. The summed E-state index contributed by atoms with van der Waals surface area (Å²) in [6, 6.07) is 11.0. The third kappa shape index (κ3) is 5.17. The number of aliphatic hydroxyl groups is 1. The minimum atomic E-state index is -0.878. The Morgan fingerprint density at radius 3 is 2.26 bits per heavy atom. The molecule has 0 saturated carbocycles. The zero-order chi connectivity index (χ0) is 24.8. The Morgan fingerprint density at radius 1 is 1.00 bits per heavy atom. The number of carbonyl (C=O) groups excluding carboxylic acids is 2. The van der Waals surface area contributed by atoms with Crippen molar-refractivity contribution < 1.29 is 33.6 Å². The molecule has 1 atom stereocenters. The molecule has 1 fully saturated rings. The molecule has 34 heavy (non-hydrogen) atoms. The number of hydrogen-bond donors (Lipinski definition) is 1. The third-order valence-electron chi connectivity index (χ3n) is 5.52. The summed E-state index contributed by atoms with van der Waals surface area (Å²) < 4.78 is 21.7. The Labute approximate surface area is 199 Å². The second-order valence-electron chi connectivity index (χ2n) is 8.32. The van der Waals surface area contributed by atoms with E-state index in [1.165, 1.54) is 26.2 Å². The highest BCUT2D eigenvalue weighted by atomic mass is 16.5. The summed E-state index contributed by atoms with van der Waals surface area (Å²) in [5.41, 5.74) is 0.896. The van der Waals surface area contributed by atoms with Gasteiger partial charge in [0, 0.05) is 24.8 Å².